The van der Waals surface area contributed by atoms with Crippen LogP contribution < -0.4 is 10.6 Å². The molecule has 0 saturated carbocycles. The first-order valence-corrected chi connectivity index (χ1v) is 10.4. The minimum absolute atomic E-state index is 0.0437. The lowest BCUT2D eigenvalue weighted by Crippen LogP contribution is -2.45. The Hall–Kier alpha value is -1.67. The fourth-order valence-electron chi connectivity index (χ4n) is 3.07. The van der Waals surface area contributed by atoms with Crippen molar-refractivity contribution in [1.29, 1.82) is 0 Å². The molecule has 0 bridgehead atoms. The van der Waals surface area contributed by atoms with Crippen LogP contribution in [0, 0.1) is 0 Å². The molecule has 1 aliphatic heterocycles. The minimum Gasteiger partial charge on any atom is -0.355 e. The van der Waals surface area contributed by atoms with E-state index in [1.54, 1.807) is 0 Å². The normalized spacial score (nSPS) is 15.8. The Morgan fingerprint density at radius 3 is 2.63 bits per heavy atom. The predicted octanol–water partition coefficient (Wildman–Crippen LogP) is 2.04. The van der Waals surface area contributed by atoms with E-state index in [4.69, 9.17) is 11.6 Å². The van der Waals surface area contributed by atoms with Crippen molar-refractivity contribution in [3.05, 3.63) is 34.2 Å². The van der Waals surface area contributed by atoms with Crippen molar-refractivity contribution < 1.29 is 9.59 Å². The number of carbonyl (C=O) groups excluding carboxylic acids is 2. The third-order valence-corrected chi connectivity index (χ3v) is 6.39. The first kappa shape index (κ1) is 20.1. The molecule has 0 unspecified atom stereocenters. The first-order valence-electron chi connectivity index (χ1n) is 9.17. The van der Waals surface area contributed by atoms with Gasteiger partial charge in [0, 0.05) is 42.8 Å². The fourth-order valence-corrected chi connectivity index (χ4v) is 4.50. The summed E-state index contributed by atoms with van der Waals surface area (Å²) in [6.07, 6.45) is 0.908. The molecule has 0 spiro atoms. The van der Waals surface area contributed by atoms with Gasteiger partial charge in [0.15, 0.2) is 0 Å². The van der Waals surface area contributed by atoms with Gasteiger partial charge in [-0.1, -0.05) is 29.8 Å². The zero-order valence-corrected chi connectivity index (χ0v) is 17.0. The molecule has 1 saturated heterocycles. The number of hydrogen-bond donors (Lipinski definition) is 2. The topological polar surface area (TPSA) is 64.7 Å². The Morgan fingerprint density at radius 2 is 1.89 bits per heavy atom. The number of likely N-dealkylation sites (N-methyl/N-ethyl adjacent to an activating group) is 1. The molecule has 8 heteroatoms. The summed E-state index contributed by atoms with van der Waals surface area (Å²) in [6.45, 7) is 5.91. The lowest BCUT2D eigenvalue weighted by atomic mass is 10.2. The minimum atomic E-state index is -0.311. The van der Waals surface area contributed by atoms with Gasteiger partial charge in [-0.25, -0.2) is 0 Å². The van der Waals surface area contributed by atoms with E-state index in [1.165, 1.54) is 11.3 Å². The van der Waals surface area contributed by atoms with E-state index in [1.807, 2.05) is 24.3 Å². The van der Waals surface area contributed by atoms with Gasteiger partial charge in [0.25, 0.3) is 5.91 Å². The van der Waals surface area contributed by atoms with Gasteiger partial charge >= 0.3 is 0 Å². The molecule has 3 rings (SSSR count). The molecule has 146 valence electrons. The summed E-state index contributed by atoms with van der Waals surface area (Å²) in [6, 6.07) is 7.61. The highest BCUT2D eigenvalue weighted by Gasteiger charge is 2.17. The molecule has 1 aromatic heterocycles. The van der Waals surface area contributed by atoms with Crippen LogP contribution in [0.3, 0.4) is 0 Å². The maximum atomic E-state index is 12.3. The molecule has 0 radical (unpaired) electrons. The van der Waals surface area contributed by atoms with Crippen molar-refractivity contribution in [2.24, 2.45) is 0 Å². The summed E-state index contributed by atoms with van der Waals surface area (Å²) in [7, 11) is 2.14. The van der Waals surface area contributed by atoms with Crippen molar-refractivity contribution in [2.45, 2.75) is 6.42 Å². The van der Waals surface area contributed by atoms with Crippen LogP contribution in [0.1, 0.15) is 16.1 Å². The van der Waals surface area contributed by atoms with Crippen LogP contribution in [0.15, 0.2) is 24.3 Å². The maximum absolute atomic E-state index is 12.3. The lowest BCUT2D eigenvalue weighted by molar-refractivity contribution is -0.120. The summed E-state index contributed by atoms with van der Waals surface area (Å²) < 4.78 is 0.959. The van der Waals surface area contributed by atoms with E-state index in [0.29, 0.717) is 16.4 Å². The molecule has 2 aromatic rings. The van der Waals surface area contributed by atoms with Crippen molar-refractivity contribution in [2.75, 3.05) is 52.9 Å². The number of nitrogens with one attached hydrogen (secondary N) is 2. The summed E-state index contributed by atoms with van der Waals surface area (Å²) in [4.78, 5) is 29.5. The van der Waals surface area contributed by atoms with Gasteiger partial charge in [-0.3, -0.25) is 9.59 Å². The van der Waals surface area contributed by atoms with Gasteiger partial charge in [0.05, 0.1) is 11.6 Å². The zero-order valence-electron chi connectivity index (χ0n) is 15.5. The number of fused-ring (bicyclic) bond motifs is 1. The number of rotatable bonds is 7. The molecule has 27 heavy (non-hydrogen) atoms. The smallest absolute Gasteiger partial charge is 0.263 e. The maximum Gasteiger partial charge on any atom is 0.263 e. The first-order chi connectivity index (χ1) is 13.0. The van der Waals surface area contributed by atoms with Crippen molar-refractivity contribution in [3.63, 3.8) is 0 Å². The van der Waals surface area contributed by atoms with Gasteiger partial charge in [-0.2, -0.15) is 0 Å². The van der Waals surface area contributed by atoms with E-state index in [9.17, 15) is 9.59 Å². The van der Waals surface area contributed by atoms with E-state index in [0.717, 1.165) is 49.2 Å². The van der Waals surface area contributed by atoms with E-state index in [2.05, 4.69) is 27.5 Å². The predicted molar refractivity (Wildman–Crippen MR) is 111 cm³/mol. The SMILES string of the molecule is CN1CCN(CCCNC(=O)CNC(=O)c2sc3ccccc3c2Cl)CC1. The van der Waals surface area contributed by atoms with Crippen LogP contribution in [0.5, 0.6) is 0 Å². The molecule has 1 fully saturated rings. The summed E-state index contributed by atoms with van der Waals surface area (Å²) >= 11 is 7.63. The van der Waals surface area contributed by atoms with Gasteiger partial charge in [-0.05, 0) is 26.1 Å². The molecule has 0 aliphatic carbocycles. The number of benzene rings is 1. The Bertz CT molecular complexity index is 802. The van der Waals surface area contributed by atoms with Crippen LogP contribution in [0.25, 0.3) is 10.1 Å². The van der Waals surface area contributed by atoms with Crippen molar-refractivity contribution >= 4 is 44.8 Å². The van der Waals surface area contributed by atoms with E-state index < -0.39 is 0 Å². The molecule has 1 aliphatic rings. The number of hydrogen-bond acceptors (Lipinski definition) is 5. The Labute approximate surface area is 168 Å². The number of nitrogens with zero attached hydrogens (tertiary/aromatic N) is 2. The van der Waals surface area contributed by atoms with Crippen LogP contribution in [-0.4, -0.2) is 74.5 Å². The lowest BCUT2D eigenvalue weighted by Gasteiger charge is -2.32. The quantitative estimate of drug-likeness (QED) is 0.688. The van der Waals surface area contributed by atoms with Crippen molar-refractivity contribution in [3.8, 4) is 0 Å². The summed E-state index contributed by atoms with van der Waals surface area (Å²) in [5, 5.41) is 6.82. The standard InChI is InChI=1S/C19H25ClN4O2S/c1-23-9-11-24(12-10-23)8-4-7-21-16(25)13-22-19(26)18-17(20)14-5-2-3-6-15(14)27-18/h2-3,5-6H,4,7-13H2,1H3,(H,21,25)(H,22,26). The third kappa shape index (κ3) is 5.42. The Kier molecular flexibility index (Phi) is 7.07. The second-order valence-electron chi connectivity index (χ2n) is 6.77. The van der Waals surface area contributed by atoms with Crippen LogP contribution >= 0.6 is 22.9 Å². The van der Waals surface area contributed by atoms with E-state index in [-0.39, 0.29) is 18.4 Å². The Balaban J connectivity index is 1.37. The highest BCUT2D eigenvalue weighted by Crippen LogP contribution is 2.34. The second kappa shape index (κ2) is 9.50. The Morgan fingerprint density at radius 1 is 1.15 bits per heavy atom. The molecule has 2 N–H and O–H groups in total. The number of thiophene rings is 1. The monoisotopic (exact) mass is 408 g/mol. The summed E-state index contributed by atoms with van der Waals surface area (Å²) in [5.41, 5.74) is 0. The van der Waals surface area contributed by atoms with Gasteiger partial charge in [0.2, 0.25) is 5.91 Å². The molecule has 6 nitrogen and oxygen atoms in total. The number of amides is 2. The van der Waals surface area contributed by atoms with Gasteiger partial charge in [-0.15, -0.1) is 11.3 Å². The zero-order chi connectivity index (χ0) is 19.2. The summed E-state index contributed by atoms with van der Waals surface area (Å²) in [5.74, 6) is -0.493. The number of piperazine rings is 1. The second-order valence-corrected chi connectivity index (χ2v) is 8.20. The van der Waals surface area contributed by atoms with Gasteiger partial charge in [0.1, 0.15) is 4.88 Å². The molecule has 0 atom stereocenters. The van der Waals surface area contributed by atoms with Crippen LogP contribution in [0.2, 0.25) is 5.02 Å². The molecular weight excluding hydrogens is 384 g/mol. The van der Waals surface area contributed by atoms with Crippen molar-refractivity contribution in [1.82, 2.24) is 20.4 Å². The molecule has 2 heterocycles. The molecule has 2 amide bonds. The van der Waals surface area contributed by atoms with Crippen LogP contribution in [0.4, 0.5) is 0 Å². The third-order valence-electron chi connectivity index (χ3n) is 4.72. The average molecular weight is 409 g/mol. The van der Waals surface area contributed by atoms with Crippen LogP contribution in [-0.2, 0) is 4.79 Å². The molecular formula is C19H25ClN4O2S. The van der Waals surface area contributed by atoms with E-state index >= 15 is 0 Å². The highest BCUT2D eigenvalue weighted by molar-refractivity contribution is 7.21. The molecule has 1 aromatic carbocycles. The largest absolute Gasteiger partial charge is 0.355 e. The van der Waals surface area contributed by atoms with Gasteiger partial charge < -0.3 is 20.4 Å². The number of halogens is 1. The highest BCUT2D eigenvalue weighted by atomic mass is 35.5. The number of carbonyl (C=O) groups is 2. The fraction of sp³-hybridized carbons (Fsp3) is 0.474. The average Bonchev–Trinajstić information content (AvgIpc) is 3.02.